The SMILES string of the molecule is CC1C(=O)OCC2C1CC[C@@H]2C. The van der Waals surface area contributed by atoms with E-state index in [4.69, 9.17) is 4.74 Å². The lowest BCUT2D eigenvalue weighted by atomic mass is 9.81. The van der Waals surface area contributed by atoms with Crippen LogP contribution in [0.3, 0.4) is 0 Å². The van der Waals surface area contributed by atoms with Crippen molar-refractivity contribution in [3.05, 3.63) is 0 Å². The van der Waals surface area contributed by atoms with Gasteiger partial charge in [0, 0.05) is 0 Å². The monoisotopic (exact) mass is 168 g/mol. The first-order valence-electron chi connectivity index (χ1n) is 4.87. The molecule has 0 aromatic carbocycles. The zero-order chi connectivity index (χ0) is 8.72. The molecule has 1 aliphatic heterocycles. The minimum absolute atomic E-state index is 0.0188. The van der Waals surface area contributed by atoms with Gasteiger partial charge in [0.15, 0.2) is 0 Å². The largest absolute Gasteiger partial charge is 0.465 e. The number of ether oxygens (including phenoxy) is 1. The summed E-state index contributed by atoms with van der Waals surface area (Å²) in [5, 5.41) is 0. The van der Waals surface area contributed by atoms with E-state index in [2.05, 4.69) is 6.92 Å². The Kier molecular flexibility index (Phi) is 1.85. The van der Waals surface area contributed by atoms with E-state index in [1.54, 1.807) is 0 Å². The minimum atomic E-state index is 0.0188. The molecule has 0 aromatic rings. The molecule has 1 saturated heterocycles. The molecule has 3 unspecified atom stereocenters. The van der Waals surface area contributed by atoms with E-state index in [1.807, 2.05) is 6.92 Å². The van der Waals surface area contributed by atoms with Crippen LogP contribution in [-0.2, 0) is 9.53 Å². The molecule has 1 saturated carbocycles. The third-order valence-corrected chi connectivity index (χ3v) is 3.67. The summed E-state index contributed by atoms with van der Waals surface area (Å²) in [5.41, 5.74) is 0. The van der Waals surface area contributed by atoms with Crippen LogP contribution in [-0.4, -0.2) is 12.6 Å². The first-order valence-corrected chi connectivity index (χ1v) is 4.87. The molecule has 0 N–H and O–H groups in total. The van der Waals surface area contributed by atoms with Gasteiger partial charge in [0.1, 0.15) is 0 Å². The van der Waals surface area contributed by atoms with Gasteiger partial charge in [-0.2, -0.15) is 0 Å². The fraction of sp³-hybridized carbons (Fsp3) is 0.900. The fourth-order valence-corrected chi connectivity index (χ4v) is 2.70. The number of carbonyl (C=O) groups excluding carboxylic acids is 1. The van der Waals surface area contributed by atoms with Gasteiger partial charge in [-0.05, 0) is 24.2 Å². The maximum atomic E-state index is 11.2. The highest BCUT2D eigenvalue weighted by molar-refractivity contribution is 5.73. The van der Waals surface area contributed by atoms with Gasteiger partial charge in [0.2, 0.25) is 0 Å². The molecule has 2 fully saturated rings. The van der Waals surface area contributed by atoms with E-state index >= 15 is 0 Å². The van der Waals surface area contributed by atoms with Crippen molar-refractivity contribution in [1.82, 2.24) is 0 Å². The first kappa shape index (κ1) is 8.09. The quantitative estimate of drug-likeness (QED) is 0.516. The third kappa shape index (κ3) is 1.05. The van der Waals surface area contributed by atoms with Crippen LogP contribution in [0.5, 0.6) is 0 Å². The molecule has 4 atom stereocenters. The van der Waals surface area contributed by atoms with Gasteiger partial charge in [-0.25, -0.2) is 0 Å². The molecule has 0 aromatic heterocycles. The molecule has 2 aliphatic rings. The molecule has 0 spiro atoms. The van der Waals surface area contributed by atoms with Crippen molar-refractivity contribution in [2.75, 3.05) is 6.61 Å². The number of fused-ring (bicyclic) bond motifs is 1. The summed E-state index contributed by atoms with van der Waals surface area (Å²) in [6.45, 7) is 4.96. The Morgan fingerprint density at radius 3 is 2.75 bits per heavy atom. The number of cyclic esters (lactones) is 1. The molecule has 12 heavy (non-hydrogen) atoms. The van der Waals surface area contributed by atoms with E-state index in [-0.39, 0.29) is 11.9 Å². The second kappa shape index (κ2) is 2.75. The van der Waals surface area contributed by atoms with Crippen molar-refractivity contribution in [1.29, 1.82) is 0 Å². The van der Waals surface area contributed by atoms with Crippen LogP contribution in [0, 0.1) is 23.7 Å². The number of carbonyl (C=O) groups is 1. The van der Waals surface area contributed by atoms with Crippen LogP contribution in [0.15, 0.2) is 0 Å². The van der Waals surface area contributed by atoms with Crippen molar-refractivity contribution in [3.8, 4) is 0 Å². The van der Waals surface area contributed by atoms with E-state index < -0.39 is 0 Å². The molecule has 68 valence electrons. The van der Waals surface area contributed by atoms with Crippen molar-refractivity contribution in [3.63, 3.8) is 0 Å². The summed E-state index contributed by atoms with van der Waals surface area (Å²) in [4.78, 5) is 11.2. The molecule has 2 nitrogen and oxygen atoms in total. The number of hydrogen-bond acceptors (Lipinski definition) is 2. The third-order valence-electron chi connectivity index (χ3n) is 3.67. The highest BCUT2D eigenvalue weighted by Gasteiger charge is 2.43. The summed E-state index contributed by atoms with van der Waals surface area (Å²) in [6, 6.07) is 0. The fourth-order valence-electron chi connectivity index (χ4n) is 2.70. The Morgan fingerprint density at radius 2 is 2.00 bits per heavy atom. The number of hydrogen-bond donors (Lipinski definition) is 0. The first-order chi connectivity index (χ1) is 5.70. The zero-order valence-electron chi connectivity index (χ0n) is 7.75. The zero-order valence-corrected chi connectivity index (χ0v) is 7.75. The topological polar surface area (TPSA) is 26.3 Å². The van der Waals surface area contributed by atoms with Crippen LogP contribution in [0.1, 0.15) is 26.7 Å². The molecule has 1 heterocycles. The summed E-state index contributed by atoms with van der Waals surface area (Å²) >= 11 is 0. The van der Waals surface area contributed by atoms with E-state index in [1.165, 1.54) is 12.8 Å². The summed E-state index contributed by atoms with van der Waals surface area (Å²) in [6.07, 6.45) is 2.50. The molecular weight excluding hydrogens is 152 g/mol. The van der Waals surface area contributed by atoms with E-state index in [0.29, 0.717) is 18.4 Å². The normalized spacial score (nSPS) is 47.0. The van der Waals surface area contributed by atoms with Gasteiger partial charge in [-0.3, -0.25) is 4.79 Å². The number of esters is 1. The molecule has 0 radical (unpaired) electrons. The van der Waals surface area contributed by atoms with Crippen LogP contribution in [0.2, 0.25) is 0 Å². The summed E-state index contributed by atoms with van der Waals surface area (Å²) < 4.78 is 5.14. The summed E-state index contributed by atoms with van der Waals surface area (Å²) in [5.74, 6) is 2.18. The van der Waals surface area contributed by atoms with E-state index in [9.17, 15) is 4.79 Å². The highest BCUT2D eigenvalue weighted by atomic mass is 16.5. The second-order valence-electron chi connectivity index (χ2n) is 4.30. The lowest BCUT2D eigenvalue weighted by molar-refractivity contribution is -0.159. The van der Waals surface area contributed by atoms with Crippen LogP contribution >= 0.6 is 0 Å². The molecule has 0 bridgehead atoms. The maximum Gasteiger partial charge on any atom is 0.308 e. The Balaban J connectivity index is 2.14. The Morgan fingerprint density at radius 1 is 1.25 bits per heavy atom. The van der Waals surface area contributed by atoms with Gasteiger partial charge in [0.25, 0.3) is 0 Å². The predicted octanol–water partition coefficient (Wildman–Crippen LogP) is 1.84. The van der Waals surface area contributed by atoms with Gasteiger partial charge in [0.05, 0.1) is 12.5 Å². The van der Waals surface area contributed by atoms with Crippen LogP contribution in [0.4, 0.5) is 0 Å². The van der Waals surface area contributed by atoms with E-state index in [0.717, 1.165) is 5.92 Å². The summed E-state index contributed by atoms with van der Waals surface area (Å²) in [7, 11) is 0. The smallest absolute Gasteiger partial charge is 0.308 e. The lowest BCUT2D eigenvalue weighted by Gasteiger charge is -2.31. The van der Waals surface area contributed by atoms with Crippen molar-refractivity contribution < 1.29 is 9.53 Å². The van der Waals surface area contributed by atoms with Crippen LogP contribution in [0.25, 0.3) is 0 Å². The molecule has 1 aliphatic carbocycles. The van der Waals surface area contributed by atoms with Crippen molar-refractivity contribution in [2.45, 2.75) is 26.7 Å². The number of rotatable bonds is 0. The van der Waals surface area contributed by atoms with Crippen molar-refractivity contribution >= 4 is 5.97 Å². The molecule has 0 amide bonds. The maximum absolute atomic E-state index is 11.2. The second-order valence-corrected chi connectivity index (χ2v) is 4.30. The van der Waals surface area contributed by atoms with Crippen LogP contribution < -0.4 is 0 Å². The lowest BCUT2D eigenvalue weighted by Crippen LogP contribution is -2.36. The Labute approximate surface area is 73.3 Å². The standard InChI is InChI=1S/C10H16O2/c1-6-3-4-8-7(2)10(11)12-5-9(6)8/h6-9H,3-5H2,1-2H3/t6-,7?,8?,9?/m0/s1. The van der Waals surface area contributed by atoms with Gasteiger partial charge in [-0.1, -0.05) is 20.3 Å². The Hall–Kier alpha value is -0.530. The average molecular weight is 168 g/mol. The highest BCUT2D eigenvalue weighted by Crippen LogP contribution is 2.43. The molecular formula is C10H16O2. The van der Waals surface area contributed by atoms with Gasteiger partial charge >= 0.3 is 5.97 Å². The average Bonchev–Trinajstić information content (AvgIpc) is 2.41. The van der Waals surface area contributed by atoms with Gasteiger partial charge in [-0.15, -0.1) is 0 Å². The van der Waals surface area contributed by atoms with Gasteiger partial charge < -0.3 is 4.74 Å². The predicted molar refractivity (Wildman–Crippen MR) is 45.5 cm³/mol. The molecule has 2 heteroatoms. The minimum Gasteiger partial charge on any atom is -0.465 e. The van der Waals surface area contributed by atoms with Crippen molar-refractivity contribution in [2.24, 2.45) is 23.7 Å². The molecule has 2 rings (SSSR count). The Bertz CT molecular complexity index is 200.